The average molecular weight is 212 g/mol. The average Bonchev–Trinajstić information content (AvgIpc) is 2.18. The zero-order valence-corrected chi connectivity index (χ0v) is 10.3. The first-order chi connectivity index (χ1) is 7.02. The largest absolute Gasteiger partial charge is 0.466 e. The summed E-state index contributed by atoms with van der Waals surface area (Å²) >= 11 is 0. The summed E-state index contributed by atoms with van der Waals surface area (Å²) < 4.78 is 5.03. The fraction of sp³-hybridized carbons (Fsp3) is 0.923. The molecule has 0 aliphatic heterocycles. The van der Waals surface area contributed by atoms with Crippen molar-refractivity contribution in [1.29, 1.82) is 0 Å². The molecule has 88 valence electrons. The second-order valence-corrected chi connectivity index (χ2v) is 5.41. The van der Waals surface area contributed by atoms with Gasteiger partial charge in [0.25, 0.3) is 0 Å². The van der Waals surface area contributed by atoms with Crippen molar-refractivity contribution in [1.82, 2.24) is 0 Å². The third-order valence-corrected chi connectivity index (χ3v) is 3.76. The van der Waals surface area contributed by atoms with E-state index in [1.165, 1.54) is 39.0 Å². The number of carbonyl (C=O) groups excluding carboxylic acids is 1. The van der Waals surface area contributed by atoms with Gasteiger partial charge in [-0.3, -0.25) is 4.79 Å². The van der Waals surface area contributed by atoms with Crippen LogP contribution in [0.3, 0.4) is 0 Å². The molecule has 0 heterocycles. The topological polar surface area (TPSA) is 26.3 Å². The van der Waals surface area contributed by atoms with E-state index in [0.717, 1.165) is 12.3 Å². The number of esters is 1. The quantitative estimate of drug-likeness (QED) is 0.666. The van der Waals surface area contributed by atoms with Gasteiger partial charge >= 0.3 is 5.97 Å². The van der Waals surface area contributed by atoms with E-state index < -0.39 is 0 Å². The van der Waals surface area contributed by atoms with Crippen molar-refractivity contribution in [2.24, 2.45) is 11.3 Å². The summed E-state index contributed by atoms with van der Waals surface area (Å²) in [5, 5.41) is 0. The van der Waals surface area contributed by atoms with Crippen LogP contribution in [0.2, 0.25) is 0 Å². The molecule has 1 aliphatic carbocycles. The van der Waals surface area contributed by atoms with Crippen molar-refractivity contribution in [2.45, 2.75) is 59.3 Å². The number of carbonyl (C=O) groups is 1. The zero-order valence-electron chi connectivity index (χ0n) is 10.3. The highest BCUT2D eigenvalue weighted by Crippen LogP contribution is 2.40. The minimum atomic E-state index is -0.158. The first-order valence-electron chi connectivity index (χ1n) is 6.16. The van der Waals surface area contributed by atoms with Crippen molar-refractivity contribution in [3.63, 3.8) is 0 Å². The minimum Gasteiger partial charge on any atom is -0.466 e. The maximum absolute atomic E-state index is 10.7. The van der Waals surface area contributed by atoms with Gasteiger partial charge in [-0.1, -0.05) is 33.1 Å². The van der Waals surface area contributed by atoms with Crippen LogP contribution in [0.15, 0.2) is 0 Å². The summed E-state index contributed by atoms with van der Waals surface area (Å²) in [4.78, 5) is 10.7. The smallest absolute Gasteiger partial charge is 0.302 e. The predicted octanol–water partition coefficient (Wildman–Crippen LogP) is 3.55. The van der Waals surface area contributed by atoms with Crippen molar-refractivity contribution < 1.29 is 9.53 Å². The molecule has 2 heteroatoms. The number of ether oxygens (including phenoxy) is 1. The minimum absolute atomic E-state index is 0.158. The molecule has 1 aliphatic rings. The maximum atomic E-state index is 10.7. The van der Waals surface area contributed by atoms with Gasteiger partial charge in [0.2, 0.25) is 0 Å². The number of hydrogen-bond donors (Lipinski definition) is 0. The van der Waals surface area contributed by atoms with E-state index in [1.54, 1.807) is 0 Å². The normalized spacial score (nSPS) is 18.9. The van der Waals surface area contributed by atoms with Crippen LogP contribution in [0.25, 0.3) is 0 Å². The lowest BCUT2D eigenvalue weighted by Crippen LogP contribution is -2.27. The van der Waals surface area contributed by atoms with Gasteiger partial charge in [0.05, 0.1) is 6.61 Å². The van der Waals surface area contributed by atoms with Gasteiger partial charge in [-0.2, -0.15) is 0 Å². The van der Waals surface area contributed by atoms with Crippen LogP contribution >= 0.6 is 0 Å². The highest BCUT2D eigenvalue weighted by molar-refractivity contribution is 5.65. The Morgan fingerprint density at radius 1 is 1.27 bits per heavy atom. The summed E-state index contributed by atoms with van der Waals surface area (Å²) in [6.45, 7) is 6.69. The van der Waals surface area contributed by atoms with Gasteiger partial charge in [0.1, 0.15) is 0 Å². The van der Waals surface area contributed by atoms with E-state index in [4.69, 9.17) is 4.74 Å². The monoisotopic (exact) mass is 212 g/mol. The molecule has 0 amide bonds. The molecule has 2 nitrogen and oxygen atoms in total. The van der Waals surface area contributed by atoms with Crippen molar-refractivity contribution in [3.05, 3.63) is 0 Å². The molecule has 1 rings (SSSR count). The Kier molecular flexibility index (Phi) is 4.62. The molecule has 0 saturated heterocycles. The lowest BCUT2D eigenvalue weighted by Gasteiger charge is -2.37. The van der Waals surface area contributed by atoms with Crippen LogP contribution in [0.1, 0.15) is 59.3 Å². The Morgan fingerprint density at radius 3 is 2.40 bits per heavy atom. The molecule has 0 spiro atoms. The van der Waals surface area contributed by atoms with E-state index >= 15 is 0 Å². The molecular formula is C13H24O2. The molecule has 0 aromatic rings. The Bertz CT molecular complexity index is 203. The highest BCUT2D eigenvalue weighted by atomic mass is 16.5. The summed E-state index contributed by atoms with van der Waals surface area (Å²) in [6.07, 6.45) is 7.86. The molecule has 0 aromatic heterocycles. The highest BCUT2D eigenvalue weighted by Gasteiger charge is 2.30. The van der Waals surface area contributed by atoms with Crippen LogP contribution in [-0.4, -0.2) is 12.6 Å². The van der Waals surface area contributed by atoms with Crippen molar-refractivity contribution in [3.8, 4) is 0 Å². The molecule has 1 saturated carbocycles. The van der Waals surface area contributed by atoms with E-state index in [1.807, 2.05) is 0 Å². The fourth-order valence-corrected chi connectivity index (χ4v) is 2.55. The number of rotatable bonds is 4. The number of hydrogen-bond acceptors (Lipinski definition) is 2. The van der Waals surface area contributed by atoms with Crippen LogP contribution in [0.4, 0.5) is 0 Å². The molecule has 1 fully saturated rings. The molecular weight excluding hydrogens is 188 g/mol. The zero-order chi connectivity index (χ0) is 11.3. The van der Waals surface area contributed by atoms with Gasteiger partial charge in [-0.15, -0.1) is 0 Å². The van der Waals surface area contributed by atoms with Crippen molar-refractivity contribution >= 4 is 5.97 Å². The Hall–Kier alpha value is -0.530. The van der Waals surface area contributed by atoms with Gasteiger partial charge < -0.3 is 4.74 Å². The Balaban J connectivity index is 2.32. The van der Waals surface area contributed by atoms with E-state index in [9.17, 15) is 4.79 Å². The van der Waals surface area contributed by atoms with Crippen LogP contribution in [-0.2, 0) is 9.53 Å². The third kappa shape index (κ3) is 4.23. The fourth-order valence-electron chi connectivity index (χ4n) is 2.55. The molecule has 0 atom stereocenters. The summed E-state index contributed by atoms with van der Waals surface area (Å²) in [5.74, 6) is 0.663. The van der Waals surface area contributed by atoms with Gasteiger partial charge in [0, 0.05) is 6.92 Å². The second-order valence-electron chi connectivity index (χ2n) is 5.41. The first kappa shape index (κ1) is 12.5. The maximum Gasteiger partial charge on any atom is 0.302 e. The van der Waals surface area contributed by atoms with E-state index in [-0.39, 0.29) is 5.97 Å². The van der Waals surface area contributed by atoms with Crippen LogP contribution in [0.5, 0.6) is 0 Å². The van der Waals surface area contributed by atoms with Crippen LogP contribution in [0, 0.1) is 11.3 Å². The molecule has 0 aromatic carbocycles. The standard InChI is InChI=1S/C13H24O2/c1-11(14)15-10-9-13(2,3)12-7-5-4-6-8-12/h12H,4-10H2,1-3H3. The molecule has 0 bridgehead atoms. The first-order valence-corrected chi connectivity index (χ1v) is 6.16. The summed E-state index contributed by atoms with van der Waals surface area (Å²) in [6, 6.07) is 0. The van der Waals surface area contributed by atoms with E-state index in [2.05, 4.69) is 13.8 Å². The molecule has 15 heavy (non-hydrogen) atoms. The van der Waals surface area contributed by atoms with Crippen molar-refractivity contribution in [2.75, 3.05) is 6.61 Å². The van der Waals surface area contributed by atoms with Gasteiger partial charge in [-0.25, -0.2) is 0 Å². The van der Waals surface area contributed by atoms with Gasteiger partial charge in [0.15, 0.2) is 0 Å². The second kappa shape index (κ2) is 5.53. The SMILES string of the molecule is CC(=O)OCCC(C)(C)C1CCCCC1. The molecule has 0 N–H and O–H groups in total. The summed E-state index contributed by atoms with van der Waals surface area (Å²) in [7, 11) is 0. The predicted molar refractivity (Wildman–Crippen MR) is 61.6 cm³/mol. The molecule has 0 radical (unpaired) electrons. The molecule has 0 unspecified atom stereocenters. The Labute approximate surface area is 93.4 Å². The summed E-state index contributed by atoms with van der Waals surface area (Å²) in [5.41, 5.74) is 0.329. The van der Waals surface area contributed by atoms with Crippen LogP contribution < -0.4 is 0 Å². The third-order valence-electron chi connectivity index (χ3n) is 3.76. The van der Waals surface area contributed by atoms with Gasteiger partial charge in [-0.05, 0) is 30.6 Å². The lowest BCUT2D eigenvalue weighted by atomic mass is 9.69. The van der Waals surface area contributed by atoms with E-state index in [0.29, 0.717) is 12.0 Å². The Morgan fingerprint density at radius 2 is 1.87 bits per heavy atom. The lowest BCUT2D eigenvalue weighted by molar-refractivity contribution is -0.141.